The van der Waals surface area contributed by atoms with Crippen LogP contribution in [0.5, 0.6) is 0 Å². The molecule has 1 saturated heterocycles. The van der Waals surface area contributed by atoms with E-state index in [9.17, 15) is 5.11 Å². The lowest BCUT2D eigenvalue weighted by Crippen LogP contribution is -2.53. The Balaban J connectivity index is 1.93. The van der Waals surface area contributed by atoms with E-state index in [1.54, 1.807) is 0 Å². The van der Waals surface area contributed by atoms with Crippen LogP contribution >= 0.6 is 0 Å². The summed E-state index contributed by atoms with van der Waals surface area (Å²) in [5, 5.41) is 13.0. The van der Waals surface area contributed by atoms with E-state index in [2.05, 4.69) is 24.1 Å². The van der Waals surface area contributed by atoms with Crippen LogP contribution in [0.2, 0.25) is 0 Å². The van der Waals surface area contributed by atoms with Gasteiger partial charge in [-0.3, -0.25) is 4.90 Å². The number of rotatable bonds is 4. The number of aliphatic hydroxyl groups excluding tert-OH is 1. The molecule has 3 nitrogen and oxygen atoms in total. The average Bonchev–Trinajstić information content (AvgIpc) is 2.89. The predicted molar refractivity (Wildman–Crippen MR) is 57.3 cm³/mol. The Morgan fingerprint density at radius 1 is 1.50 bits per heavy atom. The number of hydrogen-bond acceptors (Lipinski definition) is 3. The summed E-state index contributed by atoms with van der Waals surface area (Å²) in [5.74, 6) is 0. The van der Waals surface area contributed by atoms with E-state index >= 15 is 0 Å². The van der Waals surface area contributed by atoms with Gasteiger partial charge in [0.15, 0.2) is 0 Å². The van der Waals surface area contributed by atoms with E-state index in [4.69, 9.17) is 0 Å². The minimum absolute atomic E-state index is 0.0171. The van der Waals surface area contributed by atoms with Crippen molar-refractivity contribution in [2.45, 2.75) is 50.7 Å². The maximum absolute atomic E-state index is 9.50. The number of nitrogens with one attached hydrogen (secondary N) is 1. The van der Waals surface area contributed by atoms with Crippen molar-refractivity contribution >= 4 is 0 Å². The molecular formula is C11H22N2O. The van der Waals surface area contributed by atoms with Crippen LogP contribution < -0.4 is 5.32 Å². The second kappa shape index (κ2) is 3.80. The molecule has 1 saturated carbocycles. The van der Waals surface area contributed by atoms with Crippen molar-refractivity contribution in [3.63, 3.8) is 0 Å². The Hall–Kier alpha value is -0.120. The van der Waals surface area contributed by atoms with Crippen molar-refractivity contribution < 1.29 is 5.11 Å². The van der Waals surface area contributed by atoms with Crippen molar-refractivity contribution in [1.29, 1.82) is 0 Å². The number of hydrogen-bond donors (Lipinski definition) is 2. The van der Waals surface area contributed by atoms with Gasteiger partial charge < -0.3 is 10.4 Å². The topological polar surface area (TPSA) is 35.5 Å². The third kappa shape index (κ3) is 2.10. The Bertz CT molecular complexity index is 203. The van der Waals surface area contributed by atoms with Crippen molar-refractivity contribution in [3.05, 3.63) is 0 Å². The lowest BCUT2D eigenvalue weighted by Gasteiger charge is -2.31. The van der Waals surface area contributed by atoms with Crippen LogP contribution in [0, 0.1) is 0 Å². The molecule has 0 radical (unpaired) electrons. The molecule has 3 heteroatoms. The molecule has 0 spiro atoms. The maximum atomic E-state index is 9.50. The highest BCUT2D eigenvalue weighted by molar-refractivity contribution is 5.01. The lowest BCUT2D eigenvalue weighted by atomic mass is 9.99. The van der Waals surface area contributed by atoms with Crippen molar-refractivity contribution in [1.82, 2.24) is 10.2 Å². The summed E-state index contributed by atoms with van der Waals surface area (Å²) >= 11 is 0. The minimum Gasteiger partial charge on any atom is -0.394 e. The number of nitrogens with zero attached hydrogens (tertiary/aromatic N) is 1. The molecule has 0 amide bonds. The smallest absolute Gasteiger partial charge is 0.0626 e. The molecule has 82 valence electrons. The standard InChI is InChI=1S/C11H22N2O/c1-9(2)12-11(8-14)5-6-13(7-11)10-3-4-10/h9-10,12,14H,3-8H2,1-2H3. The van der Waals surface area contributed by atoms with E-state index in [0.717, 1.165) is 25.6 Å². The Kier molecular flexibility index (Phi) is 2.82. The summed E-state index contributed by atoms with van der Waals surface area (Å²) in [6.45, 7) is 6.76. The number of aliphatic hydroxyl groups is 1. The van der Waals surface area contributed by atoms with Crippen molar-refractivity contribution in [2.24, 2.45) is 0 Å². The second-order valence-electron chi connectivity index (χ2n) is 5.19. The monoisotopic (exact) mass is 198 g/mol. The molecule has 2 rings (SSSR count). The summed E-state index contributed by atoms with van der Waals surface area (Å²) in [4.78, 5) is 2.53. The van der Waals surface area contributed by atoms with E-state index in [-0.39, 0.29) is 12.1 Å². The van der Waals surface area contributed by atoms with Crippen LogP contribution in [0.25, 0.3) is 0 Å². The molecule has 14 heavy (non-hydrogen) atoms. The van der Waals surface area contributed by atoms with Gasteiger partial charge in [0.25, 0.3) is 0 Å². The summed E-state index contributed by atoms with van der Waals surface area (Å²) in [5.41, 5.74) is -0.0171. The predicted octanol–water partition coefficient (Wildman–Crippen LogP) is 0.584. The summed E-state index contributed by atoms with van der Waals surface area (Å²) in [6.07, 6.45) is 3.82. The molecule has 0 bridgehead atoms. The fourth-order valence-electron chi connectivity index (χ4n) is 2.56. The van der Waals surface area contributed by atoms with Crippen LogP contribution in [0.3, 0.4) is 0 Å². The fraction of sp³-hybridized carbons (Fsp3) is 1.00. The van der Waals surface area contributed by atoms with Crippen LogP contribution in [0.4, 0.5) is 0 Å². The average molecular weight is 198 g/mol. The normalized spacial score (nSPS) is 34.3. The third-order valence-corrected chi connectivity index (χ3v) is 3.34. The second-order valence-corrected chi connectivity index (χ2v) is 5.19. The molecule has 2 aliphatic rings. The van der Waals surface area contributed by atoms with E-state index < -0.39 is 0 Å². The first kappa shape index (κ1) is 10.4. The van der Waals surface area contributed by atoms with Gasteiger partial charge in [-0.15, -0.1) is 0 Å². The molecule has 1 heterocycles. The molecular weight excluding hydrogens is 176 g/mol. The zero-order chi connectivity index (χ0) is 10.2. The SMILES string of the molecule is CC(C)NC1(CO)CCN(C2CC2)C1. The molecule has 0 aromatic heterocycles. The summed E-state index contributed by atoms with van der Waals surface area (Å²) in [6, 6.07) is 1.29. The van der Waals surface area contributed by atoms with Gasteiger partial charge in [-0.2, -0.15) is 0 Å². The molecule has 2 N–H and O–H groups in total. The Morgan fingerprint density at radius 2 is 2.21 bits per heavy atom. The van der Waals surface area contributed by atoms with Crippen LogP contribution in [0.15, 0.2) is 0 Å². The van der Waals surface area contributed by atoms with Crippen molar-refractivity contribution in [2.75, 3.05) is 19.7 Å². The largest absolute Gasteiger partial charge is 0.394 e. The van der Waals surface area contributed by atoms with E-state index in [1.807, 2.05) is 0 Å². The summed E-state index contributed by atoms with van der Waals surface area (Å²) < 4.78 is 0. The lowest BCUT2D eigenvalue weighted by molar-refractivity contribution is 0.151. The highest BCUT2D eigenvalue weighted by Gasteiger charge is 2.42. The zero-order valence-electron chi connectivity index (χ0n) is 9.29. The van der Waals surface area contributed by atoms with E-state index in [0.29, 0.717) is 6.04 Å². The molecule has 0 aromatic carbocycles. The first-order valence-electron chi connectivity index (χ1n) is 5.78. The van der Waals surface area contributed by atoms with Gasteiger partial charge >= 0.3 is 0 Å². The fourth-order valence-corrected chi connectivity index (χ4v) is 2.56. The minimum atomic E-state index is -0.0171. The van der Waals surface area contributed by atoms with Gasteiger partial charge in [-0.1, -0.05) is 13.8 Å². The molecule has 0 aromatic rings. The molecule has 1 aliphatic heterocycles. The van der Waals surface area contributed by atoms with Crippen LogP contribution in [-0.2, 0) is 0 Å². The quantitative estimate of drug-likeness (QED) is 0.694. The third-order valence-electron chi connectivity index (χ3n) is 3.34. The van der Waals surface area contributed by atoms with Crippen LogP contribution in [-0.4, -0.2) is 47.3 Å². The Labute approximate surface area is 86.5 Å². The highest BCUT2D eigenvalue weighted by atomic mass is 16.3. The first-order valence-corrected chi connectivity index (χ1v) is 5.78. The van der Waals surface area contributed by atoms with Gasteiger partial charge in [0.05, 0.1) is 12.1 Å². The van der Waals surface area contributed by atoms with Crippen molar-refractivity contribution in [3.8, 4) is 0 Å². The van der Waals surface area contributed by atoms with Gasteiger partial charge in [0.2, 0.25) is 0 Å². The van der Waals surface area contributed by atoms with Gasteiger partial charge in [0.1, 0.15) is 0 Å². The molecule has 1 unspecified atom stereocenters. The van der Waals surface area contributed by atoms with Gasteiger partial charge in [-0.05, 0) is 19.3 Å². The molecule has 1 aliphatic carbocycles. The van der Waals surface area contributed by atoms with E-state index in [1.165, 1.54) is 12.8 Å². The highest BCUT2D eigenvalue weighted by Crippen LogP contribution is 2.33. The van der Waals surface area contributed by atoms with Gasteiger partial charge in [-0.25, -0.2) is 0 Å². The summed E-state index contributed by atoms with van der Waals surface area (Å²) in [7, 11) is 0. The van der Waals surface area contributed by atoms with Crippen LogP contribution in [0.1, 0.15) is 33.1 Å². The Morgan fingerprint density at radius 3 is 2.71 bits per heavy atom. The molecule has 2 fully saturated rings. The first-order chi connectivity index (χ1) is 6.65. The number of likely N-dealkylation sites (tertiary alicyclic amines) is 1. The van der Waals surface area contributed by atoms with Gasteiger partial charge in [0, 0.05) is 25.2 Å². The maximum Gasteiger partial charge on any atom is 0.0626 e. The zero-order valence-corrected chi connectivity index (χ0v) is 9.29. The molecule has 1 atom stereocenters.